The second-order valence-corrected chi connectivity index (χ2v) is 6.45. The Morgan fingerprint density at radius 1 is 1.60 bits per heavy atom. The van der Waals surface area contributed by atoms with E-state index in [1.807, 2.05) is 19.1 Å². The first kappa shape index (κ1) is 17.4. The summed E-state index contributed by atoms with van der Waals surface area (Å²) < 4.78 is 5.92. The van der Waals surface area contributed by atoms with E-state index in [-0.39, 0.29) is 11.9 Å². The number of carbonyl (C=O) groups is 1. The normalized spacial score (nSPS) is 19.5. The van der Waals surface area contributed by atoms with Crippen LogP contribution in [0.2, 0.25) is 0 Å². The number of anilines is 1. The molecule has 7 nitrogen and oxygen atoms in total. The molecular formula is C18H25N5O2. The number of aliphatic imine (C=N–C) groups is 1. The van der Waals surface area contributed by atoms with Crippen LogP contribution in [-0.4, -0.2) is 55.9 Å². The molecule has 0 spiro atoms. The molecule has 1 saturated heterocycles. The number of hydrogen-bond acceptors (Lipinski definition) is 6. The van der Waals surface area contributed by atoms with Gasteiger partial charge in [0.1, 0.15) is 5.52 Å². The lowest BCUT2D eigenvalue weighted by molar-refractivity contribution is 0.0943. The number of fused-ring (bicyclic) bond motifs is 1. The van der Waals surface area contributed by atoms with Crippen LogP contribution in [0.25, 0.3) is 11.1 Å². The van der Waals surface area contributed by atoms with Gasteiger partial charge in [-0.1, -0.05) is 6.07 Å². The van der Waals surface area contributed by atoms with Crippen LogP contribution < -0.4 is 15.5 Å². The monoisotopic (exact) mass is 343 g/mol. The fourth-order valence-electron chi connectivity index (χ4n) is 2.99. The largest absolute Gasteiger partial charge is 0.423 e. The number of hydrogen-bond donors (Lipinski definition) is 2. The fourth-order valence-corrected chi connectivity index (χ4v) is 2.99. The summed E-state index contributed by atoms with van der Waals surface area (Å²) in [5.74, 6) is -0.143. The van der Waals surface area contributed by atoms with Gasteiger partial charge in [0.15, 0.2) is 5.58 Å². The smallest absolute Gasteiger partial charge is 0.298 e. The Morgan fingerprint density at radius 2 is 2.44 bits per heavy atom. The van der Waals surface area contributed by atoms with Crippen LogP contribution in [0.15, 0.2) is 27.6 Å². The predicted octanol–water partition coefficient (Wildman–Crippen LogP) is 1.83. The van der Waals surface area contributed by atoms with E-state index in [9.17, 15) is 4.79 Å². The molecule has 25 heavy (non-hydrogen) atoms. The number of piperazine rings is 1. The zero-order valence-corrected chi connectivity index (χ0v) is 15.0. The van der Waals surface area contributed by atoms with Gasteiger partial charge in [0.2, 0.25) is 0 Å². The van der Waals surface area contributed by atoms with Gasteiger partial charge in [0.05, 0.1) is 5.56 Å². The standard InChI is InChI=1S/C18H25N5O2/c1-12(7-8-19-3)21-17(24)14-5-4-6-15-16(14)22-18(25-15)23-10-9-20-11-13(23)2/h4-6,8,12-13,20H,7,9-11H2,1-3H3,(H,21,24). The lowest BCUT2D eigenvalue weighted by Crippen LogP contribution is -2.50. The van der Waals surface area contributed by atoms with Crippen LogP contribution in [0.5, 0.6) is 0 Å². The summed E-state index contributed by atoms with van der Waals surface area (Å²) in [6.07, 6.45) is 2.49. The number of nitrogens with zero attached hydrogens (tertiary/aromatic N) is 3. The Kier molecular flexibility index (Phi) is 5.33. The maximum Gasteiger partial charge on any atom is 0.298 e. The van der Waals surface area contributed by atoms with Gasteiger partial charge >= 0.3 is 0 Å². The molecule has 0 radical (unpaired) electrons. The molecule has 0 aliphatic carbocycles. The second-order valence-electron chi connectivity index (χ2n) is 6.45. The third-order valence-electron chi connectivity index (χ3n) is 4.42. The van der Waals surface area contributed by atoms with Gasteiger partial charge in [0.25, 0.3) is 11.9 Å². The van der Waals surface area contributed by atoms with E-state index in [4.69, 9.17) is 4.42 Å². The topological polar surface area (TPSA) is 82.8 Å². The van der Waals surface area contributed by atoms with E-state index in [1.54, 1.807) is 19.3 Å². The van der Waals surface area contributed by atoms with Crippen molar-refractivity contribution in [1.82, 2.24) is 15.6 Å². The first-order valence-electron chi connectivity index (χ1n) is 8.68. The van der Waals surface area contributed by atoms with E-state index < -0.39 is 0 Å². The molecular weight excluding hydrogens is 318 g/mol. The van der Waals surface area contributed by atoms with Crippen molar-refractivity contribution < 1.29 is 9.21 Å². The highest BCUT2D eigenvalue weighted by atomic mass is 16.4. The van der Waals surface area contributed by atoms with Gasteiger partial charge in [0, 0.05) is 51.4 Å². The van der Waals surface area contributed by atoms with Crippen LogP contribution in [0.4, 0.5) is 6.01 Å². The molecule has 134 valence electrons. The SMILES string of the molecule is CN=CCC(C)NC(=O)c1cccc2oc(N3CCNCC3C)nc12. The summed E-state index contributed by atoms with van der Waals surface area (Å²) in [7, 11) is 1.73. The molecule has 7 heteroatoms. The number of para-hydroxylation sites is 1. The van der Waals surface area contributed by atoms with Crippen LogP contribution in [0, 0.1) is 0 Å². The minimum atomic E-state index is -0.143. The molecule has 2 unspecified atom stereocenters. The Morgan fingerprint density at radius 3 is 3.20 bits per heavy atom. The third kappa shape index (κ3) is 3.82. The highest BCUT2D eigenvalue weighted by Crippen LogP contribution is 2.26. The average molecular weight is 343 g/mol. The van der Waals surface area contributed by atoms with Gasteiger partial charge in [-0.2, -0.15) is 4.98 Å². The molecule has 2 atom stereocenters. The zero-order valence-electron chi connectivity index (χ0n) is 15.0. The van der Waals surface area contributed by atoms with Crippen molar-refractivity contribution in [2.75, 3.05) is 31.6 Å². The number of carbonyl (C=O) groups excluding carboxylic acids is 1. The Labute approximate surface area is 147 Å². The highest BCUT2D eigenvalue weighted by molar-refractivity contribution is 6.04. The molecule has 2 aromatic rings. The first-order valence-corrected chi connectivity index (χ1v) is 8.68. The number of oxazole rings is 1. The second kappa shape index (κ2) is 7.65. The number of amides is 1. The summed E-state index contributed by atoms with van der Waals surface area (Å²) >= 11 is 0. The van der Waals surface area contributed by atoms with Crippen molar-refractivity contribution in [2.24, 2.45) is 4.99 Å². The van der Waals surface area contributed by atoms with Crippen LogP contribution in [0.1, 0.15) is 30.6 Å². The molecule has 0 bridgehead atoms. The van der Waals surface area contributed by atoms with Crippen molar-refractivity contribution in [2.45, 2.75) is 32.4 Å². The van der Waals surface area contributed by atoms with Crippen molar-refractivity contribution in [3.05, 3.63) is 23.8 Å². The van der Waals surface area contributed by atoms with Crippen molar-refractivity contribution in [3.8, 4) is 0 Å². The van der Waals surface area contributed by atoms with E-state index in [0.717, 1.165) is 19.6 Å². The van der Waals surface area contributed by atoms with E-state index in [0.29, 0.717) is 35.1 Å². The zero-order chi connectivity index (χ0) is 17.8. The summed E-state index contributed by atoms with van der Waals surface area (Å²) in [6, 6.07) is 6.34. The lowest BCUT2D eigenvalue weighted by Gasteiger charge is -2.32. The molecule has 1 aromatic carbocycles. The van der Waals surface area contributed by atoms with Gasteiger partial charge in [-0.3, -0.25) is 4.79 Å². The van der Waals surface area contributed by atoms with E-state index in [1.165, 1.54) is 0 Å². The number of benzene rings is 1. The van der Waals surface area contributed by atoms with Crippen molar-refractivity contribution in [1.29, 1.82) is 0 Å². The molecule has 1 fully saturated rings. The third-order valence-corrected chi connectivity index (χ3v) is 4.42. The molecule has 3 rings (SSSR count). The molecule has 1 aliphatic rings. The summed E-state index contributed by atoms with van der Waals surface area (Å²) in [5.41, 5.74) is 1.78. The highest BCUT2D eigenvalue weighted by Gasteiger charge is 2.24. The van der Waals surface area contributed by atoms with E-state index in [2.05, 4.69) is 32.4 Å². The summed E-state index contributed by atoms with van der Waals surface area (Å²) in [5, 5.41) is 6.34. The Bertz CT molecular complexity index is 770. The van der Waals surface area contributed by atoms with Crippen LogP contribution >= 0.6 is 0 Å². The molecule has 1 aromatic heterocycles. The average Bonchev–Trinajstić information content (AvgIpc) is 3.04. The van der Waals surface area contributed by atoms with Crippen LogP contribution in [0.3, 0.4) is 0 Å². The maximum atomic E-state index is 12.6. The minimum absolute atomic E-state index is 0.00557. The predicted molar refractivity (Wildman–Crippen MR) is 99.6 cm³/mol. The Balaban J connectivity index is 1.85. The molecule has 0 saturated carbocycles. The van der Waals surface area contributed by atoms with Crippen molar-refractivity contribution in [3.63, 3.8) is 0 Å². The molecule has 1 aliphatic heterocycles. The number of aromatic nitrogens is 1. The van der Waals surface area contributed by atoms with Gasteiger partial charge in [-0.05, 0) is 26.0 Å². The quantitative estimate of drug-likeness (QED) is 0.810. The first-order chi connectivity index (χ1) is 12.1. The molecule has 2 heterocycles. The maximum absolute atomic E-state index is 12.6. The molecule has 2 N–H and O–H groups in total. The molecule has 1 amide bonds. The fraction of sp³-hybridized carbons (Fsp3) is 0.500. The van der Waals surface area contributed by atoms with Gasteiger partial charge in [-0.25, -0.2) is 0 Å². The summed E-state index contributed by atoms with van der Waals surface area (Å²) in [6.45, 7) is 6.71. The number of nitrogens with one attached hydrogen (secondary N) is 2. The van der Waals surface area contributed by atoms with E-state index >= 15 is 0 Å². The summed E-state index contributed by atoms with van der Waals surface area (Å²) in [4.78, 5) is 23.3. The Hall–Kier alpha value is -2.41. The van der Waals surface area contributed by atoms with Gasteiger partial charge in [-0.15, -0.1) is 0 Å². The minimum Gasteiger partial charge on any atom is -0.423 e. The lowest BCUT2D eigenvalue weighted by atomic mass is 10.1. The van der Waals surface area contributed by atoms with Crippen LogP contribution in [-0.2, 0) is 0 Å². The van der Waals surface area contributed by atoms with Crippen molar-refractivity contribution >= 4 is 29.2 Å². The number of rotatable bonds is 5. The van der Waals surface area contributed by atoms with Gasteiger partial charge < -0.3 is 24.9 Å².